The second-order valence-electron chi connectivity index (χ2n) is 5.52. The molecule has 2 saturated carbocycles. The molecule has 2 atom stereocenters. The van der Waals surface area contributed by atoms with Crippen molar-refractivity contribution in [2.45, 2.75) is 38.1 Å². The van der Waals surface area contributed by atoms with E-state index in [1.807, 2.05) is 0 Å². The molecule has 0 aliphatic heterocycles. The van der Waals surface area contributed by atoms with Crippen molar-refractivity contribution in [2.24, 2.45) is 11.8 Å². The minimum atomic E-state index is -0.768. The maximum atomic E-state index is 12.1. The summed E-state index contributed by atoms with van der Waals surface area (Å²) in [6.45, 7) is 1.03. The van der Waals surface area contributed by atoms with Crippen LogP contribution in [-0.2, 0) is 4.79 Å². The van der Waals surface area contributed by atoms with Crippen molar-refractivity contribution in [1.29, 1.82) is 0 Å². The van der Waals surface area contributed by atoms with E-state index >= 15 is 0 Å². The van der Waals surface area contributed by atoms with Crippen molar-refractivity contribution < 1.29 is 14.7 Å². The SMILES string of the molecule is C#CCN(CC1CC1)C(=O)N[C@H]1CC[C@@H](C(=O)O)C1. The van der Waals surface area contributed by atoms with E-state index in [1.54, 1.807) is 4.90 Å². The fraction of sp³-hybridized carbons (Fsp3) is 0.714. The lowest BCUT2D eigenvalue weighted by Gasteiger charge is -2.23. The number of carboxylic acids is 1. The Labute approximate surface area is 113 Å². The molecule has 5 nitrogen and oxygen atoms in total. The summed E-state index contributed by atoms with van der Waals surface area (Å²) in [5, 5.41) is 11.8. The Hall–Kier alpha value is -1.70. The van der Waals surface area contributed by atoms with Crippen LogP contribution in [-0.4, -0.2) is 41.1 Å². The highest BCUT2D eigenvalue weighted by Gasteiger charge is 2.32. The number of carbonyl (C=O) groups is 2. The highest BCUT2D eigenvalue weighted by molar-refractivity contribution is 5.75. The number of hydrogen-bond donors (Lipinski definition) is 2. The van der Waals surface area contributed by atoms with E-state index in [4.69, 9.17) is 11.5 Å². The summed E-state index contributed by atoms with van der Waals surface area (Å²) in [5.41, 5.74) is 0. The maximum Gasteiger partial charge on any atom is 0.318 e. The molecule has 104 valence electrons. The van der Waals surface area contributed by atoms with Gasteiger partial charge in [-0.05, 0) is 38.0 Å². The van der Waals surface area contributed by atoms with Crippen LogP contribution in [0.25, 0.3) is 0 Å². The van der Waals surface area contributed by atoms with Crippen LogP contribution in [0.2, 0.25) is 0 Å². The average Bonchev–Trinajstić information content (AvgIpc) is 3.05. The molecule has 2 aliphatic carbocycles. The van der Waals surface area contributed by atoms with Gasteiger partial charge in [-0.1, -0.05) is 5.92 Å². The lowest BCUT2D eigenvalue weighted by atomic mass is 10.1. The quantitative estimate of drug-likeness (QED) is 0.735. The van der Waals surface area contributed by atoms with Crippen molar-refractivity contribution in [3.63, 3.8) is 0 Å². The second kappa shape index (κ2) is 5.96. The van der Waals surface area contributed by atoms with E-state index < -0.39 is 5.97 Å². The number of carboxylic acid groups (broad SMARTS) is 1. The molecule has 0 saturated heterocycles. The lowest BCUT2D eigenvalue weighted by Crippen LogP contribution is -2.45. The van der Waals surface area contributed by atoms with E-state index in [1.165, 1.54) is 12.8 Å². The van der Waals surface area contributed by atoms with E-state index in [2.05, 4.69) is 11.2 Å². The fourth-order valence-corrected chi connectivity index (χ4v) is 2.54. The summed E-state index contributed by atoms with van der Waals surface area (Å²) in [4.78, 5) is 24.6. The molecule has 0 spiro atoms. The monoisotopic (exact) mass is 264 g/mol. The van der Waals surface area contributed by atoms with Crippen LogP contribution in [0.4, 0.5) is 4.79 Å². The Morgan fingerprint density at radius 1 is 1.32 bits per heavy atom. The number of rotatable bonds is 5. The molecule has 0 aromatic carbocycles. The zero-order chi connectivity index (χ0) is 13.8. The van der Waals surface area contributed by atoms with E-state index in [0.29, 0.717) is 31.8 Å². The minimum Gasteiger partial charge on any atom is -0.481 e. The Kier molecular flexibility index (Phi) is 4.31. The highest BCUT2D eigenvalue weighted by atomic mass is 16.4. The topological polar surface area (TPSA) is 69.6 Å². The standard InChI is InChI=1S/C14H20N2O3/c1-2-7-16(9-10-3-4-10)14(19)15-12-6-5-11(8-12)13(17)18/h1,10-12H,3-9H2,(H,15,19)(H,17,18)/t11-,12+/m1/s1. The molecular formula is C14H20N2O3. The number of nitrogens with one attached hydrogen (secondary N) is 1. The van der Waals surface area contributed by atoms with Gasteiger partial charge in [-0.2, -0.15) is 0 Å². The molecule has 2 aliphatic rings. The summed E-state index contributed by atoms with van der Waals surface area (Å²) in [6.07, 6.45) is 9.51. The molecule has 0 unspecified atom stereocenters. The molecular weight excluding hydrogens is 244 g/mol. The smallest absolute Gasteiger partial charge is 0.318 e. The Morgan fingerprint density at radius 2 is 2.05 bits per heavy atom. The third-order valence-corrected chi connectivity index (χ3v) is 3.85. The van der Waals surface area contributed by atoms with Crippen LogP contribution in [0.1, 0.15) is 32.1 Å². The molecule has 0 radical (unpaired) electrons. The second-order valence-corrected chi connectivity index (χ2v) is 5.52. The van der Waals surface area contributed by atoms with Crippen LogP contribution in [0.15, 0.2) is 0 Å². The number of hydrogen-bond acceptors (Lipinski definition) is 2. The summed E-state index contributed by atoms with van der Waals surface area (Å²) < 4.78 is 0. The van der Waals surface area contributed by atoms with E-state index in [9.17, 15) is 9.59 Å². The first kappa shape index (κ1) is 13.7. The van der Waals surface area contributed by atoms with E-state index in [-0.39, 0.29) is 18.0 Å². The first-order valence-corrected chi connectivity index (χ1v) is 6.82. The Balaban J connectivity index is 1.81. The van der Waals surface area contributed by atoms with Gasteiger partial charge in [-0.25, -0.2) is 4.79 Å². The summed E-state index contributed by atoms with van der Waals surface area (Å²) in [5.74, 6) is 2.00. The van der Waals surface area contributed by atoms with Crippen LogP contribution in [0.3, 0.4) is 0 Å². The fourth-order valence-electron chi connectivity index (χ4n) is 2.54. The van der Waals surface area contributed by atoms with Gasteiger partial charge < -0.3 is 15.3 Å². The minimum absolute atomic E-state index is 0.0342. The molecule has 0 aromatic rings. The van der Waals surface area contributed by atoms with Gasteiger partial charge in [-0.3, -0.25) is 4.79 Å². The Bertz CT molecular complexity index is 398. The summed E-state index contributed by atoms with van der Waals surface area (Å²) in [6, 6.07) is -0.186. The summed E-state index contributed by atoms with van der Waals surface area (Å²) in [7, 11) is 0. The molecule has 2 rings (SSSR count). The lowest BCUT2D eigenvalue weighted by molar-refractivity contribution is -0.141. The van der Waals surface area contributed by atoms with Gasteiger partial charge in [0.05, 0.1) is 12.5 Å². The van der Waals surface area contributed by atoms with Crippen molar-refractivity contribution in [2.75, 3.05) is 13.1 Å². The third-order valence-electron chi connectivity index (χ3n) is 3.85. The van der Waals surface area contributed by atoms with Gasteiger partial charge in [0.15, 0.2) is 0 Å². The number of amides is 2. The van der Waals surface area contributed by atoms with Gasteiger partial charge in [0.25, 0.3) is 0 Å². The van der Waals surface area contributed by atoms with Gasteiger partial charge in [-0.15, -0.1) is 6.42 Å². The average molecular weight is 264 g/mol. The predicted octanol–water partition coefficient (Wildman–Crippen LogP) is 1.29. The van der Waals surface area contributed by atoms with Crippen LogP contribution < -0.4 is 5.32 Å². The molecule has 0 heterocycles. The molecule has 2 N–H and O–H groups in total. The van der Waals surface area contributed by atoms with Crippen molar-refractivity contribution >= 4 is 12.0 Å². The highest BCUT2D eigenvalue weighted by Crippen LogP contribution is 2.30. The third kappa shape index (κ3) is 3.88. The van der Waals surface area contributed by atoms with Crippen molar-refractivity contribution in [3.05, 3.63) is 0 Å². The maximum absolute atomic E-state index is 12.1. The van der Waals surface area contributed by atoms with Crippen LogP contribution >= 0.6 is 0 Å². The number of urea groups is 1. The van der Waals surface area contributed by atoms with E-state index in [0.717, 1.165) is 6.42 Å². The van der Waals surface area contributed by atoms with Crippen molar-refractivity contribution in [1.82, 2.24) is 10.2 Å². The van der Waals surface area contributed by atoms with Crippen LogP contribution in [0, 0.1) is 24.2 Å². The van der Waals surface area contributed by atoms with Crippen LogP contribution in [0.5, 0.6) is 0 Å². The van der Waals surface area contributed by atoms with Gasteiger partial charge >= 0.3 is 12.0 Å². The molecule has 5 heteroatoms. The molecule has 0 bridgehead atoms. The summed E-state index contributed by atoms with van der Waals surface area (Å²) >= 11 is 0. The number of nitrogens with zero attached hydrogens (tertiary/aromatic N) is 1. The van der Waals surface area contributed by atoms with Crippen molar-refractivity contribution in [3.8, 4) is 12.3 Å². The van der Waals surface area contributed by atoms with Gasteiger partial charge in [0, 0.05) is 12.6 Å². The molecule has 2 amide bonds. The zero-order valence-corrected chi connectivity index (χ0v) is 11.0. The molecule has 0 aromatic heterocycles. The predicted molar refractivity (Wildman–Crippen MR) is 70.4 cm³/mol. The molecule has 2 fully saturated rings. The number of aliphatic carboxylic acids is 1. The Morgan fingerprint density at radius 3 is 2.58 bits per heavy atom. The zero-order valence-electron chi connectivity index (χ0n) is 11.0. The van der Waals surface area contributed by atoms with Gasteiger partial charge in [0.2, 0.25) is 0 Å². The largest absolute Gasteiger partial charge is 0.481 e. The first-order chi connectivity index (χ1) is 9.10. The first-order valence-electron chi connectivity index (χ1n) is 6.82. The number of carbonyl (C=O) groups excluding carboxylic acids is 1. The normalized spacial score (nSPS) is 25.6. The molecule has 19 heavy (non-hydrogen) atoms. The number of terminal acetylenes is 1. The van der Waals surface area contributed by atoms with Gasteiger partial charge in [0.1, 0.15) is 0 Å².